The van der Waals surface area contributed by atoms with Crippen LogP contribution in [0.2, 0.25) is 0 Å². The number of amides is 11. The number of thioether (sulfide) groups is 1. The van der Waals surface area contributed by atoms with Crippen LogP contribution in [0.1, 0.15) is 163 Å². The quantitative estimate of drug-likeness (QED) is 0.101. The molecule has 26 heteroatoms. The molecule has 0 saturated carbocycles. The maximum atomic E-state index is 15.3. The van der Waals surface area contributed by atoms with E-state index in [4.69, 9.17) is 0 Å². The van der Waals surface area contributed by atoms with Crippen molar-refractivity contribution in [3.63, 3.8) is 0 Å². The minimum absolute atomic E-state index is 0.0279. The van der Waals surface area contributed by atoms with E-state index >= 15 is 19.2 Å². The Kier molecular flexibility index (Phi) is 35.4. The molecule has 0 aliphatic carbocycles. The van der Waals surface area contributed by atoms with Crippen LogP contribution in [0.3, 0.4) is 0 Å². The third-order valence-corrected chi connectivity index (χ3v) is 18.6. The summed E-state index contributed by atoms with van der Waals surface area (Å²) in [5.41, 5.74) is -1.54. The maximum absolute atomic E-state index is 15.3. The minimum Gasteiger partial charge on any atom is -0.390 e. The van der Waals surface area contributed by atoms with Gasteiger partial charge in [0.25, 0.3) is 0 Å². The molecular formula is C67H122N12O13S. The van der Waals surface area contributed by atoms with Crippen LogP contribution >= 0.6 is 11.8 Å². The standard InChI is InChI=1S/C67H122N12O13S/c1-27-29-30-43(13)56(81)55-60(85)70-46(28-2)62(87)77(24)52(93-32-31-72(18)19)36-51(80)73(20)50(37-67(16,17)92)59(84)71-53(41(9)10)65(90)74(21)47(33-38(3)4)58(83)68-44(14)57(82)69-45(15)61(86)75(22)48(34-39(5)6)63(88)76(23)49(35-40(7)8)64(89)78(25)54(42(11)12)66(91)79(55)26/h27,29,38-50,52-56,81,92H,28,30-37H2,1-26H3,(H,68,83)(H,69,82)(H,70,85)(H,71,84)/b29-27+/t43-,44-,45+,46-,47-,48-,49-,50+,52-,53-,54-,55-,56-/m1/s1. The Morgan fingerprint density at radius 2 is 1.01 bits per heavy atom. The lowest BCUT2D eigenvalue weighted by Crippen LogP contribution is -2.63. The molecule has 0 bridgehead atoms. The van der Waals surface area contributed by atoms with Crippen molar-refractivity contribution in [2.75, 3.05) is 75.7 Å². The summed E-state index contributed by atoms with van der Waals surface area (Å²) in [6, 6.07) is -12.8. The van der Waals surface area contributed by atoms with Gasteiger partial charge < -0.3 is 70.7 Å². The number of rotatable bonds is 19. The highest BCUT2D eigenvalue weighted by Crippen LogP contribution is 2.28. The summed E-state index contributed by atoms with van der Waals surface area (Å²) in [4.78, 5) is 173. The Balaban J connectivity index is 4.49. The first-order chi connectivity index (χ1) is 42.8. The molecule has 0 aromatic heterocycles. The van der Waals surface area contributed by atoms with E-state index in [1.54, 1.807) is 54.5 Å². The first-order valence-corrected chi connectivity index (χ1v) is 34.2. The SMILES string of the molecule is C/C=C/C[C@@H](C)[C@@H](O)[C@@H]1C(=O)N[C@H](CC)C(=O)N(C)[C@H](SCCN(C)C)CC(=O)N(C)[C@@H](CC(C)(C)O)C(=O)N[C@H](C(C)C)C(=O)N(C)[C@H](CC(C)C)C(=O)N[C@H](C)C(=O)N[C@@H](C)C(=O)N(C)[C@H](CC(C)C)C(=O)N(C)[C@H](CC(C)C)C(=O)N(C)[C@H](C(C)C)C(=O)N1C. The van der Waals surface area contributed by atoms with Gasteiger partial charge in [-0.05, 0) is 116 Å². The molecule has 0 unspecified atom stereocenters. The van der Waals surface area contributed by atoms with Gasteiger partial charge >= 0.3 is 0 Å². The van der Waals surface area contributed by atoms with Gasteiger partial charge in [0.1, 0.15) is 60.4 Å². The van der Waals surface area contributed by atoms with Crippen LogP contribution in [0.5, 0.6) is 0 Å². The smallest absolute Gasteiger partial charge is 0.246 e. The fraction of sp³-hybridized carbons (Fsp3) is 0.806. The molecule has 25 nitrogen and oxygen atoms in total. The van der Waals surface area contributed by atoms with Crippen molar-refractivity contribution in [2.24, 2.45) is 35.5 Å². The highest BCUT2D eigenvalue weighted by molar-refractivity contribution is 7.99. The molecule has 534 valence electrons. The van der Waals surface area contributed by atoms with Gasteiger partial charge in [0.05, 0.1) is 23.5 Å². The van der Waals surface area contributed by atoms with Gasteiger partial charge in [-0.25, -0.2) is 0 Å². The van der Waals surface area contributed by atoms with E-state index in [0.29, 0.717) is 18.7 Å². The summed E-state index contributed by atoms with van der Waals surface area (Å²) >= 11 is 1.29. The Bertz CT molecular complexity index is 2540. The number of allylic oxidation sites excluding steroid dienone is 2. The summed E-state index contributed by atoms with van der Waals surface area (Å²) in [7, 11) is 13.7. The van der Waals surface area contributed by atoms with Crippen LogP contribution in [0.25, 0.3) is 0 Å². The molecule has 0 aromatic carbocycles. The Morgan fingerprint density at radius 1 is 0.548 bits per heavy atom. The summed E-state index contributed by atoms with van der Waals surface area (Å²) < 4.78 is 0. The first kappa shape index (κ1) is 85.2. The predicted octanol–water partition coefficient (Wildman–Crippen LogP) is 3.39. The number of aliphatic hydroxyl groups is 2. The van der Waals surface area contributed by atoms with Crippen LogP contribution in [-0.2, 0) is 52.7 Å². The monoisotopic (exact) mass is 1330 g/mol. The molecule has 1 aliphatic rings. The van der Waals surface area contributed by atoms with Gasteiger partial charge in [-0.15, -0.1) is 11.8 Å². The van der Waals surface area contributed by atoms with E-state index in [9.17, 15) is 43.8 Å². The van der Waals surface area contributed by atoms with E-state index in [-0.39, 0.29) is 56.3 Å². The zero-order valence-electron chi connectivity index (χ0n) is 61.3. The number of aliphatic hydroxyl groups excluding tert-OH is 1. The lowest BCUT2D eigenvalue weighted by atomic mass is 9.91. The molecule has 0 aromatic rings. The lowest BCUT2D eigenvalue weighted by molar-refractivity contribution is -0.157. The van der Waals surface area contributed by atoms with Crippen LogP contribution in [0, 0.1) is 35.5 Å². The molecule has 1 fully saturated rings. The van der Waals surface area contributed by atoms with Crippen molar-refractivity contribution in [2.45, 2.75) is 240 Å². The van der Waals surface area contributed by atoms with E-state index in [1.807, 2.05) is 66.6 Å². The van der Waals surface area contributed by atoms with Crippen molar-refractivity contribution in [3.8, 4) is 0 Å². The molecule has 1 heterocycles. The average Bonchev–Trinajstić information content (AvgIpc) is 0.826. The van der Waals surface area contributed by atoms with Gasteiger partial charge in [0, 0.05) is 68.1 Å². The van der Waals surface area contributed by atoms with Crippen LogP contribution in [0.4, 0.5) is 0 Å². The summed E-state index contributed by atoms with van der Waals surface area (Å²) in [6.45, 7) is 29.6. The van der Waals surface area contributed by atoms with Crippen LogP contribution < -0.4 is 21.3 Å². The minimum atomic E-state index is -1.63. The van der Waals surface area contributed by atoms with Gasteiger partial charge in [0.15, 0.2) is 0 Å². The molecule has 1 saturated heterocycles. The second-order valence-electron chi connectivity index (χ2n) is 28.6. The second-order valence-corrected chi connectivity index (χ2v) is 29.9. The van der Waals surface area contributed by atoms with E-state index < -0.39 is 160 Å². The van der Waals surface area contributed by atoms with Gasteiger partial charge in [-0.3, -0.25) is 52.7 Å². The largest absolute Gasteiger partial charge is 0.390 e. The number of nitrogens with one attached hydrogen (secondary N) is 4. The Labute approximate surface area is 561 Å². The number of carbonyl (C=O) groups is 11. The lowest BCUT2D eigenvalue weighted by Gasteiger charge is -2.41. The Hall–Kier alpha value is -5.86. The van der Waals surface area contributed by atoms with Crippen LogP contribution in [0.15, 0.2) is 12.2 Å². The summed E-state index contributed by atoms with van der Waals surface area (Å²) in [5, 5.41) is 33.7. The molecule has 0 radical (unpaired) electrons. The maximum Gasteiger partial charge on any atom is 0.246 e. The number of hydrogen-bond acceptors (Lipinski definition) is 15. The molecule has 13 atom stereocenters. The molecule has 1 rings (SSSR count). The van der Waals surface area contributed by atoms with Crippen LogP contribution in [-0.4, -0.2) is 268 Å². The fourth-order valence-corrected chi connectivity index (χ4v) is 12.7. The number of nitrogens with zero attached hydrogens (tertiary/aromatic N) is 8. The summed E-state index contributed by atoms with van der Waals surface area (Å²) in [5.74, 6) is -9.45. The number of carbonyl (C=O) groups excluding carboxylic acids is 11. The molecule has 1 aliphatic heterocycles. The van der Waals surface area contributed by atoms with E-state index in [2.05, 4.69) is 21.3 Å². The van der Waals surface area contributed by atoms with Gasteiger partial charge in [-0.1, -0.05) is 95.2 Å². The molecule has 11 amide bonds. The fourth-order valence-electron chi connectivity index (χ4n) is 11.4. The second kappa shape index (κ2) is 38.6. The molecule has 0 spiro atoms. The van der Waals surface area contributed by atoms with Crippen molar-refractivity contribution < 1.29 is 63.0 Å². The predicted molar refractivity (Wildman–Crippen MR) is 364 cm³/mol. The van der Waals surface area contributed by atoms with Crippen molar-refractivity contribution in [1.29, 1.82) is 0 Å². The summed E-state index contributed by atoms with van der Waals surface area (Å²) in [6.07, 6.45) is 2.17. The average molecular weight is 1340 g/mol. The third kappa shape index (κ3) is 25.3. The zero-order chi connectivity index (χ0) is 72.2. The van der Waals surface area contributed by atoms with Crippen molar-refractivity contribution in [3.05, 3.63) is 12.2 Å². The Morgan fingerprint density at radius 3 is 1.47 bits per heavy atom. The first-order valence-electron chi connectivity index (χ1n) is 33.2. The van der Waals surface area contributed by atoms with Crippen molar-refractivity contribution in [1.82, 2.24) is 60.5 Å². The van der Waals surface area contributed by atoms with Gasteiger partial charge in [-0.2, -0.15) is 0 Å². The van der Waals surface area contributed by atoms with Crippen molar-refractivity contribution >= 4 is 76.7 Å². The molecular weight excluding hydrogens is 1210 g/mol. The normalized spacial score (nSPS) is 26.8. The highest BCUT2D eigenvalue weighted by Gasteiger charge is 2.46. The van der Waals surface area contributed by atoms with E-state index in [1.165, 1.54) is 118 Å². The molecule has 6 N–H and O–H groups in total. The third-order valence-electron chi connectivity index (χ3n) is 17.3. The van der Waals surface area contributed by atoms with Gasteiger partial charge in [0.2, 0.25) is 65.0 Å². The number of hydrogen-bond donors (Lipinski definition) is 6. The highest BCUT2D eigenvalue weighted by atomic mass is 32.2. The number of likely N-dealkylation sites (N-methyl/N-ethyl adjacent to an activating group) is 7. The topological polar surface area (TPSA) is 302 Å². The molecule has 93 heavy (non-hydrogen) atoms. The van der Waals surface area contributed by atoms with E-state index in [0.717, 1.165) is 4.90 Å². The zero-order valence-corrected chi connectivity index (χ0v) is 62.1.